The number of anilines is 1. The number of aromatic nitrogens is 1. The summed E-state index contributed by atoms with van der Waals surface area (Å²) in [5.41, 5.74) is 4.62. The first-order valence-electron chi connectivity index (χ1n) is 4.33. The van der Waals surface area contributed by atoms with Gasteiger partial charge < -0.3 is 21.1 Å². The Balaban J connectivity index is 3.15. The Bertz CT molecular complexity index is 397. The molecule has 0 radical (unpaired) electrons. The molecule has 0 amide bonds. The topological polar surface area (TPSA) is 143 Å². The van der Waals surface area contributed by atoms with Crippen molar-refractivity contribution < 1.29 is 20.2 Å². The molecular formula is C8H11N3O5. The summed E-state index contributed by atoms with van der Waals surface area (Å²) < 4.78 is 0. The molecule has 88 valence electrons. The van der Waals surface area contributed by atoms with Crippen LogP contribution in [0.1, 0.15) is 11.7 Å². The summed E-state index contributed by atoms with van der Waals surface area (Å²) in [4.78, 5) is 13.3. The minimum Gasteiger partial charge on any atom is -0.394 e. The molecular weight excluding hydrogens is 218 g/mol. The first-order valence-corrected chi connectivity index (χ1v) is 4.33. The van der Waals surface area contributed by atoms with E-state index in [9.17, 15) is 20.3 Å². The van der Waals surface area contributed by atoms with Crippen LogP contribution in [0.5, 0.6) is 0 Å². The standard InChI is InChI=1S/C8H11N3O5/c9-7-4(8(14)6(13)3-12)1-10-2-5(7)11(15)16/h1-2,6,8,12-14H,3H2,(H2,9,10). The minimum atomic E-state index is -1.52. The molecule has 5 N–H and O–H groups in total. The summed E-state index contributed by atoms with van der Waals surface area (Å²) in [5.74, 6) is 0. The highest BCUT2D eigenvalue weighted by Gasteiger charge is 2.24. The lowest BCUT2D eigenvalue weighted by molar-refractivity contribution is -0.384. The first-order chi connectivity index (χ1) is 7.49. The van der Waals surface area contributed by atoms with Crippen LogP contribution in [-0.4, -0.2) is 37.9 Å². The molecule has 8 heteroatoms. The van der Waals surface area contributed by atoms with Gasteiger partial charge in [0, 0.05) is 11.8 Å². The van der Waals surface area contributed by atoms with Crippen molar-refractivity contribution >= 4 is 11.4 Å². The molecule has 16 heavy (non-hydrogen) atoms. The number of hydrogen-bond acceptors (Lipinski definition) is 7. The maximum absolute atomic E-state index is 10.5. The number of nitro groups is 1. The van der Waals surface area contributed by atoms with E-state index >= 15 is 0 Å². The third kappa shape index (κ3) is 2.24. The second-order valence-electron chi connectivity index (χ2n) is 3.11. The minimum absolute atomic E-state index is 0.0873. The van der Waals surface area contributed by atoms with Crippen molar-refractivity contribution in [2.24, 2.45) is 0 Å². The zero-order chi connectivity index (χ0) is 12.3. The van der Waals surface area contributed by atoms with Crippen LogP contribution in [0, 0.1) is 10.1 Å². The molecule has 0 saturated carbocycles. The third-order valence-corrected chi connectivity index (χ3v) is 2.06. The summed E-state index contributed by atoms with van der Waals surface area (Å²) in [6.45, 7) is -0.691. The van der Waals surface area contributed by atoms with E-state index in [1.54, 1.807) is 0 Å². The van der Waals surface area contributed by atoms with E-state index in [0.717, 1.165) is 12.4 Å². The van der Waals surface area contributed by atoms with Gasteiger partial charge in [-0.05, 0) is 0 Å². The summed E-state index contributed by atoms with van der Waals surface area (Å²) in [6, 6.07) is 0. The van der Waals surface area contributed by atoms with E-state index in [1.807, 2.05) is 0 Å². The third-order valence-electron chi connectivity index (χ3n) is 2.06. The van der Waals surface area contributed by atoms with E-state index in [-0.39, 0.29) is 11.3 Å². The van der Waals surface area contributed by atoms with E-state index in [2.05, 4.69) is 4.98 Å². The van der Waals surface area contributed by atoms with Crippen LogP contribution < -0.4 is 5.73 Å². The van der Waals surface area contributed by atoms with Crippen molar-refractivity contribution in [3.63, 3.8) is 0 Å². The number of nitrogens with two attached hydrogens (primary N) is 1. The molecule has 0 saturated heterocycles. The van der Waals surface area contributed by atoms with Crippen molar-refractivity contribution in [1.82, 2.24) is 4.98 Å². The zero-order valence-electron chi connectivity index (χ0n) is 8.15. The van der Waals surface area contributed by atoms with Crippen molar-refractivity contribution in [3.8, 4) is 0 Å². The molecule has 1 heterocycles. The lowest BCUT2D eigenvalue weighted by Crippen LogP contribution is -2.23. The number of pyridine rings is 1. The van der Waals surface area contributed by atoms with Crippen LogP contribution in [0.2, 0.25) is 0 Å². The second kappa shape index (κ2) is 4.84. The molecule has 0 aromatic carbocycles. The summed E-state index contributed by atoms with van der Waals surface area (Å²) >= 11 is 0. The van der Waals surface area contributed by atoms with Crippen molar-refractivity contribution in [1.29, 1.82) is 0 Å². The molecule has 0 spiro atoms. The molecule has 1 rings (SSSR count). The van der Waals surface area contributed by atoms with Crippen LogP contribution in [0.4, 0.5) is 11.4 Å². The predicted octanol–water partition coefficient (Wildman–Crippen LogP) is -1.04. The van der Waals surface area contributed by atoms with Crippen LogP contribution >= 0.6 is 0 Å². The van der Waals surface area contributed by atoms with Crippen LogP contribution in [-0.2, 0) is 0 Å². The van der Waals surface area contributed by atoms with Gasteiger partial charge in [-0.2, -0.15) is 0 Å². The Morgan fingerprint density at radius 3 is 2.62 bits per heavy atom. The summed E-state index contributed by atoms with van der Waals surface area (Å²) in [7, 11) is 0. The van der Waals surface area contributed by atoms with Gasteiger partial charge >= 0.3 is 5.69 Å². The highest BCUT2D eigenvalue weighted by molar-refractivity contribution is 5.62. The largest absolute Gasteiger partial charge is 0.394 e. The molecule has 2 atom stereocenters. The average Bonchev–Trinajstić information content (AvgIpc) is 2.27. The Labute approximate surface area is 90.1 Å². The second-order valence-corrected chi connectivity index (χ2v) is 3.11. The highest BCUT2D eigenvalue weighted by atomic mass is 16.6. The number of nitrogens with zero attached hydrogens (tertiary/aromatic N) is 2. The maximum atomic E-state index is 10.5. The number of nitrogen functional groups attached to an aromatic ring is 1. The maximum Gasteiger partial charge on any atom is 0.310 e. The Morgan fingerprint density at radius 1 is 1.50 bits per heavy atom. The van der Waals surface area contributed by atoms with E-state index in [1.165, 1.54) is 0 Å². The number of aliphatic hydroxyl groups is 3. The smallest absolute Gasteiger partial charge is 0.310 e. The van der Waals surface area contributed by atoms with Crippen LogP contribution in [0.3, 0.4) is 0 Å². The fourth-order valence-corrected chi connectivity index (χ4v) is 1.16. The Kier molecular flexibility index (Phi) is 3.72. The fourth-order valence-electron chi connectivity index (χ4n) is 1.16. The van der Waals surface area contributed by atoms with Gasteiger partial charge in [0.15, 0.2) is 0 Å². The van der Waals surface area contributed by atoms with Gasteiger partial charge in [-0.1, -0.05) is 0 Å². The van der Waals surface area contributed by atoms with Gasteiger partial charge in [-0.15, -0.1) is 0 Å². The zero-order valence-corrected chi connectivity index (χ0v) is 8.15. The number of hydrogen-bond donors (Lipinski definition) is 4. The first kappa shape index (κ1) is 12.3. The quantitative estimate of drug-likeness (QED) is 0.381. The van der Waals surface area contributed by atoms with E-state index < -0.39 is 29.4 Å². The van der Waals surface area contributed by atoms with E-state index in [0.29, 0.717) is 0 Å². The molecule has 2 unspecified atom stereocenters. The fraction of sp³-hybridized carbons (Fsp3) is 0.375. The molecule has 1 aromatic rings. The van der Waals surface area contributed by atoms with Gasteiger partial charge in [0.2, 0.25) is 0 Å². The molecule has 0 bridgehead atoms. The monoisotopic (exact) mass is 229 g/mol. The predicted molar refractivity (Wildman–Crippen MR) is 53.4 cm³/mol. The van der Waals surface area contributed by atoms with Gasteiger partial charge in [-0.3, -0.25) is 15.1 Å². The van der Waals surface area contributed by atoms with Gasteiger partial charge in [0.1, 0.15) is 24.1 Å². The van der Waals surface area contributed by atoms with E-state index in [4.69, 9.17) is 10.8 Å². The normalized spacial score (nSPS) is 14.4. The highest BCUT2D eigenvalue weighted by Crippen LogP contribution is 2.29. The average molecular weight is 229 g/mol. The van der Waals surface area contributed by atoms with Crippen molar-refractivity contribution in [2.75, 3.05) is 12.3 Å². The molecule has 1 aromatic heterocycles. The molecule has 8 nitrogen and oxygen atoms in total. The molecule has 0 aliphatic rings. The van der Waals surface area contributed by atoms with Crippen molar-refractivity contribution in [2.45, 2.75) is 12.2 Å². The lowest BCUT2D eigenvalue weighted by Gasteiger charge is -2.16. The van der Waals surface area contributed by atoms with Gasteiger partial charge in [0.25, 0.3) is 0 Å². The SMILES string of the molecule is Nc1c(C(O)C(O)CO)cncc1[N+](=O)[O-]. The molecule has 0 fully saturated rings. The Morgan fingerprint density at radius 2 is 2.12 bits per heavy atom. The molecule has 0 aliphatic heterocycles. The summed E-state index contributed by atoms with van der Waals surface area (Å²) in [5, 5.41) is 37.9. The number of aliphatic hydroxyl groups excluding tert-OH is 3. The molecule has 0 aliphatic carbocycles. The lowest BCUT2D eigenvalue weighted by atomic mass is 10.0. The van der Waals surface area contributed by atoms with Gasteiger partial charge in [0.05, 0.1) is 11.5 Å². The Hall–Kier alpha value is -1.77. The van der Waals surface area contributed by atoms with Crippen LogP contribution in [0.25, 0.3) is 0 Å². The summed E-state index contributed by atoms with van der Waals surface area (Å²) in [6.07, 6.45) is -0.938. The van der Waals surface area contributed by atoms with Gasteiger partial charge in [-0.25, -0.2) is 0 Å². The number of rotatable bonds is 4. The van der Waals surface area contributed by atoms with Crippen LogP contribution in [0.15, 0.2) is 12.4 Å². The van der Waals surface area contributed by atoms with Crippen molar-refractivity contribution in [3.05, 3.63) is 28.1 Å².